The molecule has 0 heterocycles. The lowest BCUT2D eigenvalue weighted by Gasteiger charge is -2.24. The number of sulfonamides is 1. The zero-order valence-corrected chi connectivity index (χ0v) is 16.7. The van der Waals surface area contributed by atoms with Crippen LogP contribution in [0.3, 0.4) is 0 Å². The fourth-order valence-electron chi connectivity index (χ4n) is 2.65. The van der Waals surface area contributed by atoms with Gasteiger partial charge in [-0.2, -0.15) is 0 Å². The van der Waals surface area contributed by atoms with Crippen LogP contribution in [0.2, 0.25) is 5.02 Å². The lowest BCUT2D eigenvalue weighted by Crippen LogP contribution is -2.32. The Morgan fingerprint density at radius 1 is 1.15 bits per heavy atom. The molecule has 2 aromatic carbocycles. The van der Waals surface area contributed by atoms with Gasteiger partial charge in [0.25, 0.3) is 0 Å². The molecule has 0 saturated carbocycles. The molecule has 1 N–H and O–H groups in total. The Morgan fingerprint density at radius 2 is 1.88 bits per heavy atom. The first-order chi connectivity index (χ1) is 12.2. The van der Waals surface area contributed by atoms with Crippen molar-refractivity contribution in [1.29, 1.82) is 0 Å². The Balaban J connectivity index is 2.02. The maximum atomic E-state index is 12.2. The molecule has 2 aromatic rings. The highest BCUT2D eigenvalue weighted by molar-refractivity contribution is 7.92. The van der Waals surface area contributed by atoms with Gasteiger partial charge in [-0.3, -0.25) is 9.10 Å². The predicted octanol–water partition coefficient (Wildman–Crippen LogP) is 4.14. The Hall–Kier alpha value is -2.05. The van der Waals surface area contributed by atoms with Gasteiger partial charge in [0.05, 0.1) is 11.9 Å². The topological polar surface area (TPSA) is 66.5 Å². The van der Waals surface area contributed by atoms with Crippen molar-refractivity contribution in [2.75, 3.05) is 22.4 Å². The summed E-state index contributed by atoms with van der Waals surface area (Å²) >= 11 is 6.01. The molecule has 140 valence electrons. The number of rotatable bonds is 7. The summed E-state index contributed by atoms with van der Waals surface area (Å²) in [5, 5.41) is 3.30. The van der Waals surface area contributed by atoms with E-state index in [4.69, 9.17) is 11.6 Å². The number of halogens is 1. The van der Waals surface area contributed by atoms with E-state index in [1.807, 2.05) is 38.1 Å². The summed E-state index contributed by atoms with van der Waals surface area (Å²) in [5.41, 5.74) is 3.14. The van der Waals surface area contributed by atoms with Crippen LogP contribution in [-0.2, 0) is 14.8 Å². The maximum Gasteiger partial charge on any atom is 0.232 e. The number of aryl methyl sites for hydroxylation is 2. The van der Waals surface area contributed by atoms with Crippen LogP contribution in [0, 0.1) is 13.8 Å². The van der Waals surface area contributed by atoms with E-state index in [1.54, 1.807) is 18.2 Å². The number of nitrogens with zero attached hydrogens (tertiary/aromatic N) is 1. The highest BCUT2D eigenvalue weighted by atomic mass is 35.5. The third-order valence-electron chi connectivity index (χ3n) is 3.91. The number of hydrogen-bond donors (Lipinski definition) is 1. The second-order valence-corrected chi connectivity index (χ2v) is 8.63. The van der Waals surface area contributed by atoms with Crippen LogP contribution in [0.5, 0.6) is 0 Å². The van der Waals surface area contributed by atoms with Crippen molar-refractivity contribution >= 4 is 38.9 Å². The van der Waals surface area contributed by atoms with Crippen molar-refractivity contribution in [2.24, 2.45) is 0 Å². The summed E-state index contributed by atoms with van der Waals surface area (Å²) < 4.78 is 25.7. The van der Waals surface area contributed by atoms with Crippen LogP contribution in [0.15, 0.2) is 42.5 Å². The average Bonchev–Trinajstić information content (AvgIpc) is 2.53. The third kappa shape index (κ3) is 5.75. The van der Waals surface area contributed by atoms with Gasteiger partial charge in [-0.05, 0) is 55.7 Å². The zero-order chi connectivity index (χ0) is 19.3. The largest absolute Gasteiger partial charge is 0.326 e. The van der Waals surface area contributed by atoms with E-state index in [2.05, 4.69) is 5.32 Å². The number of hydrogen-bond acceptors (Lipinski definition) is 3. The van der Waals surface area contributed by atoms with Crippen molar-refractivity contribution in [3.63, 3.8) is 0 Å². The third-order valence-corrected chi connectivity index (χ3v) is 5.32. The molecule has 5 nitrogen and oxygen atoms in total. The van der Waals surface area contributed by atoms with E-state index >= 15 is 0 Å². The lowest BCUT2D eigenvalue weighted by atomic mass is 10.2. The minimum absolute atomic E-state index is 0.146. The minimum Gasteiger partial charge on any atom is -0.326 e. The summed E-state index contributed by atoms with van der Waals surface area (Å²) in [6.45, 7) is 3.99. The highest BCUT2D eigenvalue weighted by Gasteiger charge is 2.19. The summed E-state index contributed by atoms with van der Waals surface area (Å²) in [4.78, 5) is 12.1. The lowest BCUT2D eigenvalue weighted by molar-refractivity contribution is -0.116. The van der Waals surface area contributed by atoms with Crippen molar-refractivity contribution in [3.8, 4) is 0 Å². The van der Waals surface area contributed by atoms with Crippen molar-refractivity contribution in [3.05, 3.63) is 58.6 Å². The molecule has 7 heteroatoms. The molecule has 0 aliphatic carbocycles. The SMILES string of the molecule is Cc1cccc(NC(=O)CCCN(c2cc(Cl)ccc2C)S(C)(=O)=O)c1. The molecule has 0 saturated heterocycles. The Kier molecular flexibility index (Phi) is 6.67. The van der Waals surface area contributed by atoms with Gasteiger partial charge in [0.2, 0.25) is 15.9 Å². The summed E-state index contributed by atoms with van der Waals surface area (Å²) in [6, 6.07) is 12.7. The van der Waals surface area contributed by atoms with Gasteiger partial charge >= 0.3 is 0 Å². The van der Waals surface area contributed by atoms with Gasteiger partial charge in [0, 0.05) is 23.7 Å². The van der Waals surface area contributed by atoms with Crippen LogP contribution in [0.4, 0.5) is 11.4 Å². The molecular weight excluding hydrogens is 372 g/mol. The quantitative estimate of drug-likeness (QED) is 0.767. The Labute approximate surface area is 160 Å². The molecule has 0 aliphatic heterocycles. The fourth-order valence-corrected chi connectivity index (χ4v) is 3.83. The first-order valence-corrected chi connectivity index (χ1v) is 10.5. The van der Waals surface area contributed by atoms with Crippen LogP contribution in [-0.4, -0.2) is 27.1 Å². The molecular formula is C19H23ClN2O3S. The molecule has 1 amide bonds. The van der Waals surface area contributed by atoms with E-state index in [0.29, 0.717) is 17.1 Å². The van der Waals surface area contributed by atoms with E-state index in [9.17, 15) is 13.2 Å². The van der Waals surface area contributed by atoms with Crippen LogP contribution in [0.1, 0.15) is 24.0 Å². The monoisotopic (exact) mass is 394 g/mol. The number of nitrogens with one attached hydrogen (secondary N) is 1. The Morgan fingerprint density at radius 3 is 2.54 bits per heavy atom. The van der Waals surface area contributed by atoms with Crippen molar-refractivity contribution in [1.82, 2.24) is 0 Å². The smallest absolute Gasteiger partial charge is 0.232 e. The van der Waals surface area contributed by atoms with Gasteiger partial charge in [0.15, 0.2) is 0 Å². The van der Waals surface area contributed by atoms with E-state index in [-0.39, 0.29) is 18.9 Å². The molecule has 2 rings (SSSR count). The first-order valence-electron chi connectivity index (χ1n) is 8.27. The second kappa shape index (κ2) is 8.56. The summed E-state index contributed by atoms with van der Waals surface area (Å²) in [6.07, 6.45) is 1.77. The number of amides is 1. The second-order valence-electron chi connectivity index (χ2n) is 6.29. The molecule has 0 spiro atoms. The van der Waals surface area contributed by atoms with E-state index < -0.39 is 10.0 Å². The number of benzene rings is 2. The fraction of sp³-hybridized carbons (Fsp3) is 0.316. The van der Waals surface area contributed by atoms with Gasteiger partial charge in [-0.25, -0.2) is 8.42 Å². The average molecular weight is 395 g/mol. The molecule has 0 atom stereocenters. The predicted molar refractivity (Wildman–Crippen MR) is 107 cm³/mol. The van der Waals surface area contributed by atoms with Crippen molar-refractivity contribution in [2.45, 2.75) is 26.7 Å². The van der Waals surface area contributed by atoms with E-state index in [0.717, 1.165) is 23.1 Å². The molecule has 0 fully saturated rings. The van der Waals surface area contributed by atoms with Gasteiger partial charge in [-0.1, -0.05) is 29.8 Å². The van der Waals surface area contributed by atoms with Gasteiger partial charge in [-0.15, -0.1) is 0 Å². The van der Waals surface area contributed by atoms with Crippen LogP contribution in [0.25, 0.3) is 0 Å². The number of anilines is 2. The standard InChI is InChI=1S/C19H23ClN2O3S/c1-14-6-4-7-17(12-14)21-19(23)8-5-11-22(26(3,24)25)18-13-16(20)10-9-15(18)2/h4,6-7,9-10,12-13H,5,8,11H2,1-3H3,(H,21,23). The Bertz CT molecular complexity index is 897. The van der Waals surface area contributed by atoms with Crippen LogP contribution >= 0.6 is 11.6 Å². The molecule has 0 aromatic heterocycles. The normalized spacial score (nSPS) is 11.2. The number of carbonyl (C=O) groups excluding carboxylic acids is 1. The van der Waals surface area contributed by atoms with Crippen molar-refractivity contribution < 1.29 is 13.2 Å². The highest BCUT2D eigenvalue weighted by Crippen LogP contribution is 2.26. The minimum atomic E-state index is -3.48. The van der Waals surface area contributed by atoms with E-state index in [1.165, 1.54) is 4.31 Å². The first kappa shape index (κ1) is 20.3. The molecule has 0 bridgehead atoms. The summed E-state index contributed by atoms with van der Waals surface area (Å²) in [7, 11) is -3.48. The molecule has 0 unspecified atom stereocenters. The molecule has 0 aliphatic rings. The van der Waals surface area contributed by atoms with Crippen LogP contribution < -0.4 is 9.62 Å². The summed E-state index contributed by atoms with van der Waals surface area (Å²) in [5.74, 6) is -0.146. The van der Waals surface area contributed by atoms with Gasteiger partial charge < -0.3 is 5.32 Å². The van der Waals surface area contributed by atoms with Gasteiger partial charge in [0.1, 0.15) is 0 Å². The number of carbonyl (C=O) groups is 1. The molecule has 26 heavy (non-hydrogen) atoms. The molecule has 0 radical (unpaired) electrons. The zero-order valence-electron chi connectivity index (χ0n) is 15.1. The maximum absolute atomic E-state index is 12.2.